The van der Waals surface area contributed by atoms with Crippen molar-refractivity contribution in [2.75, 3.05) is 30.8 Å². The van der Waals surface area contributed by atoms with Crippen molar-refractivity contribution < 1.29 is 4.79 Å². The highest BCUT2D eigenvalue weighted by Gasteiger charge is 2.16. The molecule has 4 rings (SSSR count). The highest BCUT2D eigenvalue weighted by molar-refractivity contribution is 6.04. The number of anilines is 2. The summed E-state index contributed by atoms with van der Waals surface area (Å²) in [5, 5.41) is 6.32. The molecule has 32 heavy (non-hydrogen) atoms. The fourth-order valence-electron chi connectivity index (χ4n) is 4.50. The summed E-state index contributed by atoms with van der Waals surface area (Å²) >= 11 is 0. The minimum atomic E-state index is -0.179. The lowest BCUT2D eigenvalue weighted by molar-refractivity contribution is 0.102. The van der Waals surface area contributed by atoms with E-state index in [-0.39, 0.29) is 5.91 Å². The van der Waals surface area contributed by atoms with Crippen molar-refractivity contribution in [2.45, 2.75) is 40.2 Å². The number of benzene rings is 2. The van der Waals surface area contributed by atoms with E-state index < -0.39 is 0 Å². The number of carbonyl (C=O) groups is 1. The smallest absolute Gasteiger partial charge is 0.274 e. The topological polar surface area (TPSA) is 57.3 Å². The molecule has 1 aliphatic rings. The molecule has 1 amide bonds. The molecular formula is C27H32N4O. The van der Waals surface area contributed by atoms with Gasteiger partial charge in [-0.25, -0.2) is 0 Å². The van der Waals surface area contributed by atoms with Gasteiger partial charge >= 0.3 is 0 Å². The summed E-state index contributed by atoms with van der Waals surface area (Å²) in [6.45, 7) is 9.43. The summed E-state index contributed by atoms with van der Waals surface area (Å²) in [6, 6.07) is 14.2. The third-order valence-corrected chi connectivity index (χ3v) is 6.52. The van der Waals surface area contributed by atoms with Gasteiger partial charge in [-0.3, -0.25) is 14.7 Å². The summed E-state index contributed by atoms with van der Waals surface area (Å²) in [4.78, 5) is 19.9. The van der Waals surface area contributed by atoms with Gasteiger partial charge in [0.1, 0.15) is 5.69 Å². The predicted molar refractivity (Wildman–Crippen MR) is 132 cm³/mol. The van der Waals surface area contributed by atoms with Gasteiger partial charge in [0.05, 0.1) is 0 Å². The summed E-state index contributed by atoms with van der Waals surface area (Å²) in [5.41, 5.74) is 9.17. The van der Waals surface area contributed by atoms with Crippen molar-refractivity contribution in [2.24, 2.45) is 0 Å². The van der Waals surface area contributed by atoms with Crippen molar-refractivity contribution >= 4 is 17.3 Å². The van der Waals surface area contributed by atoms with Crippen LogP contribution in [-0.2, 0) is 6.54 Å². The van der Waals surface area contributed by atoms with Crippen LogP contribution < -0.4 is 10.6 Å². The van der Waals surface area contributed by atoms with Crippen LogP contribution >= 0.6 is 0 Å². The molecule has 0 spiro atoms. The van der Waals surface area contributed by atoms with E-state index in [2.05, 4.69) is 58.6 Å². The van der Waals surface area contributed by atoms with Gasteiger partial charge in [-0.2, -0.15) is 0 Å². The van der Waals surface area contributed by atoms with Crippen LogP contribution in [0.4, 0.5) is 11.4 Å². The van der Waals surface area contributed by atoms with E-state index in [1.54, 1.807) is 0 Å². The Labute approximate surface area is 190 Å². The minimum Gasteiger partial charge on any atom is -0.388 e. The first-order valence-corrected chi connectivity index (χ1v) is 11.3. The number of aromatic nitrogens is 1. The number of hydrogen-bond donors (Lipinski definition) is 2. The molecule has 1 fully saturated rings. The highest BCUT2D eigenvalue weighted by atomic mass is 16.1. The van der Waals surface area contributed by atoms with E-state index >= 15 is 0 Å². The SMILES string of the molecule is CNc1cccc(-c2cccc(NC(=O)c3cc(C)c(CN4CCCC4)cn3)c2C)c1C. The second-order valence-corrected chi connectivity index (χ2v) is 8.64. The molecule has 1 aromatic heterocycles. The highest BCUT2D eigenvalue weighted by Crippen LogP contribution is 2.33. The third-order valence-electron chi connectivity index (χ3n) is 6.52. The van der Waals surface area contributed by atoms with Crippen molar-refractivity contribution in [1.29, 1.82) is 0 Å². The van der Waals surface area contributed by atoms with Crippen molar-refractivity contribution in [3.05, 3.63) is 76.6 Å². The lowest BCUT2D eigenvalue weighted by Crippen LogP contribution is -2.20. The first-order chi connectivity index (χ1) is 15.5. The lowest BCUT2D eigenvalue weighted by Gasteiger charge is -2.17. The summed E-state index contributed by atoms with van der Waals surface area (Å²) < 4.78 is 0. The zero-order valence-corrected chi connectivity index (χ0v) is 19.5. The van der Waals surface area contributed by atoms with Crippen LogP contribution in [0.3, 0.4) is 0 Å². The minimum absolute atomic E-state index is 0.179. The Balaban J connectivity index is 1.55. The maximum absolute atomic E-state index is 13.0. The van der Waals surface area contributed by atoms with Gasteiger partial charge in [0.15, 0.2) is 0 Å². The second-order valence-electron chi connectivity index (χ2n) is 8.64. The quantitative estimate of drug-likeness (QED) is 0.539. The Morgan fingerprint density at radius 1 is 0.969 bits per heavy atom. The Bertz CT molecular complexity index is 1130. The van der Waals surface area contributed by atoms with Crippen LogP contribution in [-0.4, -0.2) is 35.9 Å². The molecule has 2 aromatic carbocycles. The molecular weight excluding hydrogens is 396 g/mol. The molecule has 2 N–H and O–H groups in total. The van der Waals surface area contributed by atoms with Gasteiger partial charge in [0.2, 0.25) is 0 Å². The molecule has 5 heteroatoms. The first-order valence-electron chi connectivity index (χ1n) is 11.3. The molecule has 1 saturated heterocycles. The molecule has 2 heterocycles. The zero-order valence-electron chi connectivity index (χ0n) is 19.5. The normalized spacial score (nSPS) is 13.9. The van der Waals surface area contributed by atoms with Gasteiger partial charge < -0.3 is 10.6 Å². The van der Waals surface area contributed by atoms with E-state index in [0.717, 1.165) is 53.3 Å². The number of carbonyl (C=O) groups excluding carboxylic acids is 1. The number of hydrogen-bond acceptors (Lipinski definition) is 4. The average Bonchev–Trinajstić information content (AvgIpc) is 3.30. The maximum Gasteiger partial charge on any atom is 0.274 e. The van der Waals surface area contributed by atoms with Gasteiger partial charge in [-0.15, -0.1) is 0 Å². The first kappa shape index (κ1) is 22.0. The molecule has 0 saturated carbocycles. The number of amides is 1. The van der Waals surface area contributed by atoms with Crippen LogP contribution in [0, 0.1) is 20.8 Å². The molecule has 1 aliphatic heterocycles. The lowest BCUT2D eigenvalue weighted by atomic mass is 9.94. The number of pyridine rings is 1. The van der Waals surface area contributed by atoms with E-state index in [1.165, 1.54) is 24.0 Å². The van der Waals surface area contributed by atoms with Gasteiger partial charge in [-0.1, -0.05) is 24.3 Å². The van der Waals surface area contributed by atoms with Crippen molar-refractivity contribution in [3.63, 3.8) is 0 Å². The molecule has 166 valence electrons. The largest absolute Gasteiger partial charge is 0.388 e. The molecule has 0 radical (unpaired) electrons. The summed E-state index contributed by atoms with van der Waals surface area (Å²) in [7, 11) is 1.93. The van der Waals surface area contributed by atoms with E-state index in [1.807, 2.05) is 38.4 Å². The number of nitrogens with one attached hydrogen (secondary N) is 2. The fraction of sp³-hybridized carbons (Fsp3) is 0.333. The molecule has 0 aliphatic carbocycles. The monoisotopic (exact) mass is 428 g/mol. The molecule has 5 nitrogen and oxygen atoms in total. The summed E-state index contributed by atoms with van der Waals surface area (Å²) in [6.07, 6.45) is 4.40. The van der Waals surface area contributed by atoms with E-state index in [9.17, 15) is 4.79 Å². The van der Waals surface area contributed by atoms with Crippen molar-refractivity contribution in [3.8, 4) is 11.1 Å². The Morgan fingerprint density at radius 3 is 2.22 bits per heavy atom. The van der Waals surface area contributed by atoms with Crippen LogP contribution in [0.2, 0.25) is 0 Å². The predicted octanol–water partition coefficient (Wildman–Crippen LogP) is 5.56. The fourth-order valence-corrected chi connectivity index (χ4v) is 4.50. The number of nitrogens with zero attached hydrogens (tertiary/aromatic N) is 2. The van der Waals surface area contributed by atoms with Crippen LogP contribution in [0.15, 0.2) is 48.7 Å². The second kappa shape index (κ2) is 9.53. The van der Waals surface area contributed by atoms with Crippen LogP contribution in [0.5, 0.6) is 0 Å². The van der Waals surface area contributed by atoms with Gasteiger partial charge in [0, 0.05) is 31.2 Å². The third kappa shape index (κ3) is 4.53. The van der Waals surface area contributed by atoms with Crippen LogP contribution in [0.1, 0.15) is 45.6 Å². The maximum atomic E-state index is 13.0. The van der Waals surface area contributed by atoms with Crippen molar-refractivity contribution in [1.82, 2.24) is 9.88 Å². The Hall–Kier alpha value is -3.18. The average molecular weight is 429 g/mol. The Kier molecular flexibility index (Phi) is 6.56. The van der Waals surface area contributed by atoms with Gasteiger partial charge in [0.25, 0.3) is 5.91 Å². The zero-order chi connectivity index (χ0) is 22.7. The number of aryl methyl sites for hydroxylation is 1. The molecule has 0 bridgehead atoms. The molecule has 3 aromatic rings. The molecule has 0 atom stereocenters. The van der Waals surface area contributed by atoms with E-state index in [4.69, 9.17) is 0 Å². The standard InChI is InChI=1S/C27H32N4O/c1-18-15-26(29-16-21(18)17-31-13-5-6-14-31)27(32)30-25-12-8-10-23(20(25)3)22-9-7-11-24(28-4)19(22)2/h7-12,15-16,28H,5-6,13-14,17H2,1-4H3,(H,30,32). The van der Waals surface area contributed by atoms with Gasteiger partial charge in [-0.05, 0) is 98.3 Å². The van der Waals surface area contributed by atoms with E-state index in [0.29, 0.717) is 5.69 Å². The molecule has 0 unspecified atom stereocenters. The summed E-state index contributed by atoms with van der Waals surface area (Å²) in [5.74, 6) is -0.179. The van der Waals surface area contributed by atoms with Crippen LogP contribution in [0.25, 0.3) is 11.1 Å². The number of likely N-dealkylation sites (tertiary alicyclic amines) is 1. The number of rotatable bonds is 6. The Morgan fingerprint density at radius 2 is 1.59 bits per heavy atom.